The van der Waals surface area contributed by atoms with Gasteiger partial charge < -0.3 is 19.9 Å². The van der Waals surface area contributed by atoms with Crippen molar-refractivity contribution in [2.75, 3.05) is 0 Å². The van der Waals surface area contributed by atoms with Crippen LogP contribution in [0, 0.1) is 6.92 Å². The first-order valence-electron chi connectivity index (χ1n) is 13.3. The number of allylic oxidation sites excluding steroid dienone is 1. The van der Waals surface area contributed by atoms with E-state index >= 15 is 0 Å². The SMILES string of the molecule is Cc1c([C@@H]2C=C(C(=O)NCc3ccccc3)O[C@H](OCc3ccc(CO)cc3)C2)c(=O)n(-c2ccccc2)n1C. The molecule has 0 fully saturated rings. The second-order valence-electron chi connectivity index (χ2n) is 9.85. The van der Waals surface area contributed by atoms with Crippen LogP contribution in [0.5, 0.6) is 0 Å². The topological polar surface area (TPSA) is 94.7 Å². The molecule has 40 heavy (non-hydrogen) atoms. The highest BCUT2D eigenvalue weighted by Crippen LogP contribution is 2.32. The molecule has 8 nitrogen and oxygen atoms in total. The summed E-state index contributed by atoms with van der Waals surface area (Å²) in [6.45, 7) is 2.48. The summed E-state index contributed by atoms with van der Waals surface area (Å²) in [5, 5.41) is 12.2. The molecule has 2 atom stereocenters. The largest absolute Gasteiger partial charge is 0.459 e. The molecule has 1 aliphatic rings. The smallest absolute Gasteiger partial charge is 0.286 e. The molecular formula is C32H33N3O5. The van der Waals surface area contributed by atoms with Gasteiger partial charge in [-0.05, 0) is 41.8 Å². The standard InChI is InChI=1S/C32H33N3O5/c1-22-30(32(38)35(34(22)2)27-11-7-4-8-12-27)26-17-28(31(37)33-19-23-9-5-3-6-10-23)40-29(18-26)39-21-25-15-13-24(20-36)14-16-25/h3-17,26,29,36H,18-21H2,1-2H3,(H,33,37)/t26-,29+/m1/s1. The summed E-state index contributed by atoms with van der Waals surface area (Å²) in [5.41, 5.74) is 4.71. The first-order chi connectivity index (χ1) is 19.4. The van der Waals surface area contributed by atoms with Crippen LogP contribution < -0.4 is 10.9 Å². The van der Waals surface area contributed by atoms with Crippen molar-refractivity contribution in [2.45, 2.75) is 45.3 Å². The second kappa shape index (κ2) is 12.2. The molecule has 2 heterocycles. The number of benzene rings is 3. The van der Waals surface area contributed by atoms with E-state index in [-0.39, 0.29) is 30.4 Å². The van der Waals surface area contributed by atoms with Crippen molar-refractivity contribution in [3.8, 4) is 5.69 Å². The Morgan fingerprint density at radius 2 is 1.62 bits per heavy atom. The lowest BCUT2D eigenvalue weighted by atomic mass is 9.93. The van der Waals surface area contributed by atoms with E-state index in [1.54, 1.807) is 10.8 Å². The maximum Gasteiger partial charge on any atom is 0.286 e. The van der Waals surface area contributed by atoms with Crippen LogP contribution in [0.2, 0.25) is 0 Å². The first kappa shape index (κ1) is 27.2. The molecule has 0 aliphatic carbocycles. The molecule has 206 valence electrons. The van der Waals surface area contributed by atoms with E-state index in [2.05, 4.69) is 5.32 Å². The molecular weight excluding hydrogens is 506 g/mol. The van der Waals surface area contributed by atoms with Gasteiger partial charge in [-0.15, -0.1) is 0 Å². The van der Waals surface area contributed by atoms with Crippen LogP contribution in [0.15, 0.2) is 102 Å². The highest BCUT2D eigenvalue weighted by molar-refractivity contribution is 5.91. The minimum atomic E-state index is -0.742. The number of rotatable bonds is 9. The highest BCUT2D eigenvalue weighted by atomic mass is 16.7. The maximum atomic E-state index is 13.8. The number of ether oxygens (including phenoxy) is 2. The predicted octanol–water partition coefficient (Wildman–Crippen LogP) is 4.22. The zero-order valence-electron chi connectivity index (χ0n) is 22.6. The fourth-order valence-corrected chi connectivity index (χ4v) is 4.93. The third kappa shape index (κ3) is 5.93. The molecule has 1 aliphatic heterocycles. The van der Waals surface area contributed by atoms with Gasteiger partial charge in [-0.1, -0.05) is 72.8 Å². The zero-order chi connectivity index (χ0) is 28.1. The molecule has 3 aromatic carbocycles. The van der Waals surface area contributed by atoms with Crippen LogP contribution in [0.25, 0.3) is 5.69 Å². The maximum absolute atomic E-state index is 13.8. The fourth-order valence-electron chi connectivity index (χ4n) is 4.93. The molecule has 0 spiro atoms. The van der Waals surface area contributed by atoms with Crippen molar-refractivity contribution in [3.63, 3.8) is 0 Å². The molecule has 0 radical (unpaired) electrons. The highest BCUT2D eigenvalue weighted by Gasteiger charge is 2.33. The van der Waals surface area contributed by atoms with Gasteiger partial charge in [0.2, 0.25) is 6.29 Å². The number of hydrogen-bond donors (Lipinski definition) is 2. The summed E-state index contributed by atoms with van der Waals surface area (Å²) in [6.07, 6.45) is 1.36. The minimum Gasteiger partial charge on any atom is -0.459 e. The van der Waals surface area contributed by atoms with Gasteiger partial charge in [-0.25, -0.2) is 4.68 Å². The number of aromatic nitrogens is 2. The molecule has 1 aromatic heterocycles. The number of hydrogen-bond acceptors (Lipinski definition) is 5. The van der Waals surface area contributed by atoms with Crippen LogP contribution in [-0.4, -0.2) is 26.7 Å². The van der Waals surface area contributed by atoms with E-state index in [0.717, 1.165) is 28.1 Å². The molecule has 0 unspecified atom stereocenters. The number of aliphatic hydroxyl groups excluding tert-OH is 1. The molecule has 0 saturated heterocycles. The molecule has 8 heteroatoms. The van der Waals surface area contributed by atoms with Crippen LogP contribution >= 0.6 is 0 Å². The van der Waals surface area contributed by atoms with Gasteiger partial charge in [0.25, 0.3) is 11.5 Å². The Kier molecular flexibility index (Phi) is 8.28. The van der Waals surface area contributed by atoms with E-state index in [1.165, 1.54) is 0 Å². The number of para-hydroxylation sites is 1. The van der Waals surface area contributed by atoms with E-state index in [0.29, 0.717) is 18.5 Å². The fraction of sp³-hybridized carbons (Fsp3) is 0.250. The summed E-state index contributed by atoms with van der Waals surface area (Å²) in [6, 6.07) is 26.6. The number of carbonyl (C=O) groups is 1. The van der Waals surface area contributed by atoms with E-state index < -0.39 is 12.2 Å². The predicted molar refractivity (Wildman–Crippen MR) is 152 cm³/mol. The van der Waals surface area contributed by atoms with Crippen LogP contribution in [-0.2, 0) is 41.1 Å². The Bertz CT molecular complexity index is 1540. The average Bonchev–Trinajstić information content (AvgIpc) is 3.22. The van der Waals surface area contributed by atoms with Crippen molar-refractivity contribution in [2.24, 2.45) is 7.05 Å². The number of aliphatic hydroxyl groups is 1. The lowest BCUT2D eigenvalue weighted by molar-refractivity contribution is -0.150. The van der Waals surface area contributed by atoms with E-state index in [9.17, 15) is 14.7 Å². The van der Waals surface area contributed by atoms with Gasteiger partial charge in [-0.2, -0.15) is 0 Å². The summed E-state index contributed by atoms with van der Waals surface area (Å²) in [4.78, 5) is 27.0. The summed E-state index contributed by atoms with van der Waals surface area (Å²) < 4.78 is 15.6. The lowest BCUT2D eigenvalue weighted by Gasteiger charge is -2.29. The molecule has 5 rings (SSSR count). The van der Waals surface area contributed by atoms with E-state index in [4.69, 9.17) is 9.47 Å². The third-order valence-corrected chi connectivity index (χ3v) is 7.19. The molecule has 0 saturated carbocycles. The second-order valence-corrected chi connectivity index (χ2v) is 9.85. The quantitative estimate of drug-likeness (QED) is 0.332. The molecule has 1 amide bonds. The summed E-state index contributed by atoms with van der Waals surface area (Å²) in [7, 11) is 1.85. The number of nitrogens with zero attached hydrogens (tertiary/aromatic N) is 2. The average molecular weight is 540 g/mol. The molecule has 2 N–H and O–H groups in total. The van der Waals surface area contributed by atoms with Gasteiger partial charge in [0.05, 0.1) is 18.9 Å². The van der Waals surface area contributed by atoms with Gasteiger partial charge in [-0.3, -0.25) is 14.3 Å². The zero-order valence-corrected chi connectivity index (χ0v) is 22.6. The number of carbonyl (C=O) groups excluding carboxylic acids is 1. The first-order valence-corrected chi connectivity index (χ1v) is 13.3. The number of amides is 1. The van der Waals surface area contributed by atoms with Crippen molar-refractivity contribution in [3.05, 3.63) is 135 Å². The van der Waals surface area contributed by atoms with Crippen molar-refractivity contribution >= 4 is 5.91 Å². The van der Waals surface area contributed by atoms with Crippen molar-refractivity contribution in [1.29, 1.82) is 0 Å². The number of nitrogens with one attached hydrogen (secondary N) is 1. The van der Waals surface area contributed by atoms with E-state index in [1.807, 2.05) is 104 Å². The van der Waals surface area contributed by atoms with Gasteiger partial charge in [0.15, 0.2) is 5.76 Å². The monoisotopic (exact) mass is 539 g/mol. The van der Waals surface area contributed by atoms with Gasteiger partial charge >= 0.3 is 0 Å². The Labute approximate surface area is 233 Å². The Hall–Kier alpha value is -4.40. The van der Waals surface area contributed by atoms with Crippen molar-refractivity contribution in [1.82, 2.24) is 14.7 Å². The van der Waals surface area contributed by atoms with Gasteiger partial charge in [0, 0.05) is 37.2 Å². The van der Waals surface area contributed by atoms with Gasteiger partial charge in [0.1, 0.15) is 0 Å². The van der Waals surface area contributed by atoms with Crippen LogP contribution in [0.4, 0.5) is 0 Å². The Balaban J connectivity index is 1.43. The lowest BCUT2D eigenvalue weighted by Crippen LogP contribution is -2.33. The van der Waals surface area contributed by atoms with Crippen molar-refractivity contribution < 1.29 is 19.4 Å². The summed E-state index contributed by atoms with van der Waals surface area (Å²) in [5.74, 6) is -0.634. The molecule has 0 bridgehead atoms. The molecule has 4 aromatic rings. The Morgan fingerprint density at radius 3 is 2.30 bits per heavy atom. The van der Waals surface area contributed by atoms with Crippen LogP contribution in [0.3, 0.4) is 0 Å². The normalized spacial score (nSPS) is 16.7. The summed E-state index contributed by atoms with van der Waals surface area (Å²) >= 11 is 0. The Morgan fingerprint density at radius 1 is 0.975 bits per heavy atom. The third-order valence-electron chi connectivity index (χ3n) is 7.19. The minimum absolute atomic E-state index is 0.0300. The van der Waals surface area contributed by atoms with Crippen LogP contribution in [0.1, 0.15) is 40.3 Å².